The third-order valence-corrected chi connectivity index (χ3v) is 4.80. The van der Waals surface area contributed by atoms with E-state index in [2.05, 4.69) is 31.4 Å². The van der Waals surface area contributed by atoms with Crippen molar-refractivity contribution in [3.05, 3.63) is 88.9 Å². The van der Waals surface area contributed by atoms with Crippen LogP contribution in [0, 0.1) is 0 Å². The van der Waals surface area contributed by atoms with Crippen molar-refractivity contribution in [2.75, 3.05) is 6.61 Å². The number of carbonyl (C=O) groups is 1. The van der Waals surface area contributed by atoms with E-state index in [0.717, 1.165) is 21.2 Å². The molecule has 3 aromatic carbocycles. The summed E-state index contributed by atoms with van der Waals surface area (Å²) in [5.74, 6) is 1.35. The molecule has 0 bridgehead atoms. The van der Waals surface area contributed by atoms with E-state index in [1.165, 1.54) is 0 Å². The molecule has 1 amide bonds. The highest BCUT2D eigenvalue weighted by atomic mass is 79.9. The maximum atomic E-state index is 12.0. The Morgan fingerprint density at radius 1 is 0.967 bits per heavy atom. The molecular weight excluding hydrogens is 446 g/mol. The number of ether oxygens (including phenoxy) is 1. The van der Waals surface area contributed by atoms with Gasteiger partial charge in [-0.2, -0.15) is 4.98 Å². The SMILES string of the molecule is O=C(COc1ccc(-c2nc(-c3ccccc3)no2)cc1)NCc1cccc(Br)c1. The Balaban J connectivity index is 1.31. The molecule has 4 rings (SSSR count). The average Bonchev–Trinajstić information content (AvgIpc) is 3.28. The van der Waals surface area contributed by atoms with Crippen molar-refractivity contribution in [3.63, 3.8) is 0 Å². The molecule has 6 nitrogen and oxygen atoms in total. The van der Waals surface area contributed by atoms with E-state index in [1.807, 2.05) is 66.7 Å². The number of hydrogen-bond donors (Lipinski definition) is 1. The first-order valence-electron chi connectivity index (χ1n) is 9.31. The predicted molar refractivity (Wildman–Crippen MR) is 117 cm³/mol. The van der Waals surface area contributed by atoms with Gasteiger partial charge in [0.15, 0.2) is 6.61 Å². The summed E-state index contributed by atoms with van der Waals surface area (Å²) >= 11 is 3.41. The molecule has 150 valence electrons. The van der Waals surface area contributed by atoms with E-state index < -0.39 is 0 Å². The smallest absolute Gasteiger partial charge is 0.258 e. The minimum atomic E-state index is -0.191. The molecule has 0 radical (unpaired) electrons. The van der Waals surface area contributed by atoms with E-state index >= 15 is 0 Å². The number of rotatable bonds is 7. The summed E-state index contributed by atoms with van der Waals surface area (Å²) in [6, 6.07) is 24.6. The Morgan fingerprint density at radius 2 is 1.77 bits per heavy atom. The Bertz CT molecular complexity index is 1130. The van der Waals surface area contributed by atoms with Gasteiger partial charge in [0.25, 0.3) is 11.8 Å². The lowest BCUT2D eigenvalue weighted by Crippen LogP contribution is -2.28. The number of carbonyl (C=O) groups excluding carboxylic acids is 1. The van der Waals surface area contributed by atoms with E-state index in [-0.39, 0.29) is 12.5 Å². The van der Waals surface area contributed by atoms with E-state index in [1.54, 1.807) is 12.1 Å². The highest BCUT2D eigenvalue weighted by Gasteiger charge is 2.11. The molecule has 0 saturated carbocycles. The summed E-state index contributed by atoms with van der Waals surface area (Å²) in [5.41, 5.74) is 2.67. The quantitative estimate of drug-likeness (QED) is 0.423. The van der Waals surface area contributed by atoms with Crippen LogP contribution in [-0.4, -0.2) is 22.7 Å². The number of halogens is 1. The Hall–Kier alpha value is -3.45. The lowest BCUT2D eigenvalue weighted by molar-refractivity contribution is -0.123. The molecule has 0 aliphatic rings. The first-order chi connectivity index (χ1) is 14.7. The molecule has 1 heterocycles. The Kier molecular flexibility index (Phi) is 6.20. The second-order valence-electron chi connectivity index (χ2n) is 6.51. The first-order valence-corrected chi connectivity index (χ1v) is 10.1. The monoisotopic (exact) mass is 463 g/mol. The summed E-state index contributed by atoms with van der Waals surface area (Å²) in [7, 11) is 0. The molecule has 4 aromatic rings. The molecule has 0 aliphatic carbocycles. The average molecular weight is 464 g/mol. The molecule has 0 aliphatic heterocycles. The van der Waals surface area contributed by atoms with Gasteiger partial charge >= 0.3 is 0 Å². The van der Waals surface area contributed by atoms with Crippen molar-refractivity contribution in [1.29, 1.82) is 0 Å². The summed E-state index contributed by atoms with van der Waals surface area (Å²) in [6.07, 6.45) is 0. The van der Waals surface area contributed by atoms with Gasteiger partial charge < -0.3 is 14.6 Å². The maximum absolute atomic E-state index is 12.0. The van der Waals surface area contributed by atoms with Crippen molar-refractivity contribution in [1.82, 2.24) is 15.5 Å². The summed E-state index contributed by atoms with van der Waals surface area (Å²) < 4.78 is 11.9. The van der Waals surface area contributed by atoms with E-state index in [9.17, 15) is 4.79 Å². The van der Waals surface area contributed by atoms with Crippen molar-refractivity contribution in [3.8, 4) is 28.6 Å². The number of aromatic nitrogens is 2. The maximum Gasteiger partial charge on any atom is 0.258 e. The number of hydrogen-bond acceptors (Lipinski definition) is 5. The lowest BCUT2D eigenvalue weighted by atomic mass is 10.2. The van der Waals surface area contributed by atoms with Gasteiger partial charge in [0.2, 0.25) is 5.82 Å². The van der Waals surface area contributed by atoms with Gasteiger partial charge in [0.1, 0.15) is 5.75 Å². The van der Waals surface area contributed by atoms with Crippen LogP contribution in [0.5, 0.6) is 5.75 Å². The molecule has 1 aromatic heterocycles. The standard InChI is InChI=1S/C23H18BrN3O3/c24-19-8-4-5-16(13-19)14-25-21(28)15-29-20-11-9-18(10-12-20)23-26-22(27-30-23)17-6-2-1-3-7-17/h1-13H,14-15H2,(H,25,28). The fourth-order valence-corrected chi connectivity index (χ4v) is 3.23. The van der Waals surface area contributed by atoms with Crippen LogP contribution in [-0.2, 0) is 11.3 Å². The summed E-state index contributed by atoms with van der Waals surface area (Å²) in [4.78, 5) is 16.4. The fourth-order valence-electron chi connectivity index (χ4n) is 2.79. The van der Waals surface area contributed by atoms with Crippen LogP contribution < -0.4 is 10.1 Å². The molecular formula is C23H18BrN3O3. The highest BCUT2D eigenvalue weighted by molar-refractivity contribution is 9.10. The van der Waals surface area contributed by atoms with Crippen LogP contribution >= 0.6 is 15.9 Å². The van der Waals surface area contributed by atoms with Crippen LogP contribution in [0.15, 0.2) is 87.9 Å². The first kappa shape index (κ1) is 19.8. The van der Waals surface area contributed by atoms with Crippen LogP contribution in [0.25, 0.3) is 22.8 Å². The van der Waals surface area contributed by atoms with Crippen molar-refractivity contribution in [2.45, 2.75) is 6.54 Å². The number of amides is 1. The zero-order valence-corrected chi connectivity index (χ0v) is 17.5. The van der Waals surface area contributed by atoms with Crippen LogP contribution in [0.2, 0.25) is 0 Å². The van der Waals surface area contributed by atoms with E-state index in [4.69, 9.17) is 9.26 Å². The Labute approximate surface area is 182 Å². The molecule has 30 heavy (non-hydrogen) atoms. The minimum absolute atomic E-state index is 0.0634. The van der Waals surface area contributed by atoms with Crippen LogP contribution in [0.1, 0.15) is 5.56 Å². The lowest BCUT2D eigenvalue weighted by Gasteiger charge is -2.08. The molecule has 7 heteroatoms. The molecule has 0 saturated heterocycles. The molecule has 0 atom stereocenters. The van der Waals surface area contributed by atoms with Gasteiger partial charge in [-0.3, -0.25) is 4.79 Å². The minimum Gasteiger partial charge on any atom is -0.484 e. The predicted octanol–water partition coefficient (Wildman–Crippen LogP) is 4.86. The van der Waals surface area contributed by atoms with Crippen LogP contribution in [0.4, 0.5) is 0 Å². The summed E-state index contributed by atoms with van der Waals surface area (Å²) in [5, 5.41) is 6.86. The fraction of sp³-hybridized carbons (Fsp3) is 0.0870. The third-order valence-electron chi connectivity index (χ3n) is 4.31. The van der Waals surface area contributed by atoms with Gasteiger partial charge in [0.05, 0.1) is 0 Å². The molecule has 0 unspecified atom stereocenters. The van der Waals surface area contributed by atoms with Crippen molar-refractivity contribution >= 4 is 21.8 Å². The second-order valence-corrected chi connectivity index (χ2v) is 7.42. The van der Waals surface area contributed by atoms with Crippen molar-refractivity contribution < 1.29 is 14.1 Å². The van der Waals surface area contributed by atoms with Gasteiger partial charge in [-0.25, -0.2) is 0 Å². The van der Waals surface area contributed by atoms with Gasteiger partial charge in [0, 0.05) is 22.1 Å². The van der Waals surface area contributed by atoms with Gasteiger partial charge in [-0.1, -0.05) is 63.6 Å². The topological polar surface area (TPSA) is 77.2 Å². The molecule has 0 spiro atoms. The second kappa shape index (κ2) is 9.37. The molecule has 0 fully saturated rings. The Morgan fingerprint density at radius 3 is 2.53 bits per heavy atom. The third kappa shape index (κ3) is 5.12. The largest absolute Gasteiger partial charge is 0.484 e. The molecule has 1 N–H and O–H groups in total. The highest BCUT2D eigenvalue weighted by Crippen LogP contribution is 2.24. The zero-order chi connectivity index (χ0) is 20.8. The summed E-state index contributed by atoms with van der Waals surface area (Å²) in [6.45, 7) is 0.382. The number of benzene rings is 3. The van der Waals surface area contributed by atoms with Crippen LogP contribution in [0.3, 0.4) is 0 Å². The normalized spacial score (nSPS) is 10.6. The zero-order valence-electron chi connectivity index (χ0n) is 15.9. The van der Waals surface area contributed by atoms with Gasteiger partial charge in [-0.05, 0) is 42.0 Å². The van der Waals surface area contributed by atoms with Gasteiger partial charge in [-0.15, -0.1) is 0 Å². The van der Waals surface area contributed by atoms with E-state index in [0.29, 0.717) is 24.0 Å². The number of nitrogens with zero attached hydrogens (tertiary/aromatic N) is 2. The van der Waals surface area contributed by atoms with Crippen molar-refractivity contribution in [2.24, 2.45) is 0 Å². The number of nitrogens with one attached hydrogen (secondary N) is 1.